The van der Waals surface area contributed by atoms with Gasteiger partial charge in [-0.2, -0.15) is 0 Å². The van der Waals surface area contributed by atoms with E-state index in [4.69, 9.17) is 5.41 Å². The molecular weight excluding hydrogens is 334 g/mol. The van der Waals surface area contributed by atoms with Crippen LogP contribution in [0.5, 0.6) is 0 Å². The maximum Gasteiger partial charge on any atom is 0.270 e. The number of nitrogens with zero attached hydrogens (tertiary/aromatic N) is 2. The van der Waals surface area contributed by atoms with Crippen LogP contribution in [0.4, 0.5) is 11.4 Å². The summed E-state index contributed by atoms with van der Waals surface area (Å²) in [6, 6.07) is 4.57. The third-order valence-electron chi connectivity index (χ3n) is 4.48. The molecule has 26 heavy (non-hydrogen) atoms. The number of benzene rings is 1. The highest BCUT2D eigenvalue weighted by Crippen LogP contribution is 2.35. The fourth-order valence-corrected chi connectivity index (χ4v) is 2.84. The van der Waals surface area contributed by atoms with Crippen LogP contribution in [0.25, 0.3) is 5.57 Å². The van der Waals surface area contributed by atoms with Gasteiger partial charge in [-0.1, -0.05) is 0 Å². The van der Waals surface area contributed by atoms with E-state index in [1.807, 2.05) is 0 Å². The van der Waals surface area contributed by atoms with Crippen LogP contribution in [0.15, 0.2) is 36.2 Å². The number of carbonyl (C=O) groups excluding carboxylic acids is 1. The molecule has 0 bridgehead atoms. The number of hydrogen-bond donors (Lipinski definition) is 3. The molecular formula is C18H21N5O3. The second-order valence-corrected chi connectivity index (χ2v) is 6.49. The Morgan fingerprint density at radius 3 is 2.77 bits per heavy atom. The molecule has 0 radical (unpaired) electrons. The highest BCUT2D eigenvalue weighted by atomic mass is 16.6. The highest BCUT2D eigenvalue weighted by molar-refractivity contribution is 6.41. The quantitative estimate of drug-likeness (QED) is 0.412. The van der Waals surface area contributed by atoms with E-state index >= 15 is 0 Å². The maximum atomic E-state index is 12.3. The van der Waals surface area contributed by atoms with Crippen molar-refractivity contribution in [2.24, 2.45) is 5.92 Å². The van der Waals surface area contributed by atoms with Crippen LogP contribution < -0.4 is 10.6 Å². The molecule has 1 saturated carbocycles. The minimum Gasteiger partial charge on any atom is -0.393 e. The summed E-state index contributed by atoms with van der Waals surface area (Å²) in [6.07, 6.45) is 5.39. The number of rotatable bonds is 6. The van der Waals surface area contributed by atoms with E-state index in [0.29, 0.717) is 17.1 Å². The lowest BCUT2D eigenvalue weighted by Gasteiger charge is -2.25. The summed E-state index contributed by atoms with van der Waals surface area (Å²) in [5.41, 5.74) is 1.95. The summed E-state index contributed by atoms with van der Waals surface area (Å²) in [5, 5.41) is 25.8. The number of nitrogens with one attached hydrogen (secondary N) is 3. The molecule has 3 rings (SSSR count). The van der Waals surface area contributed by atoms with Crippen LogP contribution in [0.3, 0.4) is 0 Å². The zero-order valence-electron chi connectivity index (χ0n) is 14.7. The molecule has 0 aromatic heterocycles. The molecule has 1 aromatic rings. The van der Waals surface area contributed by atoms with E-state index in [-0.39, 0.29) is 22.9 Å². The lowest BCUT2D eigenvalue weighted by atomic mass is 9.92. The van der Waals surface area contributed by atoms with Gasteiger partial charge in [-0.3, -0.25) is 20.3 Å². The van der Waals surface area contributed by atoms with Gasteiger partial charge in [-0.05, 0) is 24.8 Å². The van der Waals surface area contributed by atoms with E-state index in [9.17, 15) is 14.9 Å². The van der Waals surface area contributed by atoms with Gasteiger partial charge in [0.1, 0.15) is 0 Å². The molecule has 1 aliphatic heterocycles. The molecule has 1 aromatic carbocycles. The van der Waals surface area contributed by atoms with Crippen molar-refractivity contribution in [3.63, 3.8) is 0 Å². The van der Waals surface area contributed by atoms with Crippen molar-refractivity contribution in [2.75, 3.05) is 26.0 Å². The Morgan fingerprint density at radius 1 is 1.42 bits per heavy atom. The molecule has 8 heteroatoms. The number of likely N-dealkylation sites (N-methyl/N-ethyl adjacent to an activating group) is 1. The van der Waals surface area contributed by atoms with Crippen molar-refractivity contribution in [2.45, 2.75) is 12.8 Å². The number of non-ortho nitro benzene ring substituents is 1. The van der Waals surface area contributed by atoms with E-state index in [1.165, 1.54) is 36.1 Å². The van der Waals surface area contributed by atoms with Crippen molar-refractivity contribution in [3.05, 3.63) is 51.8 Å². The first-order valence-corrected chi connectivity index (χ1v) is 8.40. The summed E-state index contributed by atoms with van der Waals surface area (Å²) >= 11 is 0. The summed E-state index contributed by atoms with van der Waals surface area (Å²) in [5.74, 6) is 0.327. The lowest BCUT2D eigenvalue weighted by Crippen LogP contribution is -2.33. The lowest BCUT2D eigenvalue weighted by molar-refractivity contribution is -0.384. The van der Waals surface area contributed by atoms with Crippen molar-refractivity contribution in [1.82, 2.24) is 10.2 Å². The third kappa shape index (κ3) is 3.44. The molecule has 1 fully saturated rings. The second kappa shape index (κ2) is 6.99. The Hall–Kier alpha value is -3.16. The number of hydrogen-bond acceptors (Lipinski definition) is 6. The van der Waals surface area contributed by atoms with Gasteiger partial charge in [0.05, 0.1) is 16.2 Å². The smallest absolute Gasteiger partial charge is 0.270 e. The fourth-order valence-electron chi connectivity index (χ4n) is 2.84. The van der Waals surface area contributed by atoms with E-state index in [2.05, 4.69) is 10.6 Å². The first-order chi connectivity index (χ1) is 12.4. The molecule has 1 aliphatic carbocycles. The predicted molar refractivity (Wildman–Crippen MR) is 99.9 cm³/mol. The van der Waals surface area contributed by atoms with Gasteiger partial charge in [0.2, 0.25) is 0 Å². The molecule has 136 valence electrons. The Balaban J connectivity index is 2.06. The van der Waals surface area contributed by atoms with Crippen LogP contribution in [0, 0.1) is 21.4 Å². The van der Waals surface area contributed by atoms with Crippen LogP contribution in [-0.2, 0) is 4.79 Å². The Bertz CT molecular complexity index is 839. The van der Waals surface area contributed by atoms with E-state index in [1.54, 1.807) is 26.4 Å². The average Bonchev–Trinajstić information content (AvgIpc) is 3.44. The number of allylic oxidation sites excluding steroid dienone is 1. The van der Waals surface area contributed by atoms with Crippen molar-refractivity contribution < 1.29 is 9.72 Å². The Kier molecular flexibility index (Phi) is 4.75. The first kappa shape index (κ1) is 17.7. The minimum absolute atomic E-state index is 0.0393. The molecule has 0 saturated heterocycles. The van der Waals surface area contributed by atoms with Gasteiger partial charge in [0.15, 0.2) is 0 Å². The normalized spacial score (nSPS) is 18.8. The number of nitro benzene ring substituents is 1. The third-order valence-corrected chi connectivity index (χ3v) is 4.48. The zero-order valence-corrected chi connectivity index (χ0v) is 14.7. The monoisotopic (exact) mass is 355 g/mol. The van der Waals surface area contributed by atoms with Crippen LogP contribution in [0.1, 0.15) is 18.4 Å². The van der Waals surface area contributed by atoms with Crippen LogP contribution in [0.2, 0.25) is 0 Å². The molecule has 2 aliphatic rings. The number of anilines is 1. The average molecular weight is 355 g/mol. The van der Waals surface area contributed by atoms with Gasteiger partial charge < -0.3 is 15.5 Å². The molecule has 3 N–H and O–H groups in total. The second-order valence-electron chi connectivity index (χ2n) is 6.49. The summed E-state index contributed by atoms with van der Waals surface area (Å²) in [6.45, 7) is 0.791. The predicted octanol–water partition coefficient (Wildman–Crippen LogP) is 2.35. The zero-order chi connectivity index (χ0) is 18.8. The molecule has 8 nitrogen and oxygen atoms in total. The standard InChI is InChI=1S/C18H21N5O3/c1-20-9-14-17(19)15(10-22(2)18(14)24)13-7-12(23(25)26)5-6-16(13)21-8-11-3-4-11/h5-7,9-11,19-21H,3-4,8H2,1-2H3/b14-9+,19-17?. The van der Waals surface area contributed by atoms with E-state index < -0.39 is 4.92 Å². The topological polar surface area (TPSA) is 111 Å². The van der Waals surface area contributed by atoms with Gasteiger partial charge in [-0.15, -0.1) is 0 Å². The summed E-state index contributed by atoms with van der Waals surface area (Å²) in [4.78, 5) is 24.4. The highest BCUT2D eigenvalue weighted by Gasteiger charge is 2.30. The van der Waals surface area contributed by atoms with Crippen LogP contribution in [-0.4, -0.2) is 42.1 Å². The number of amides is 1. The summed E-state index contributed by atoms with van der Waals surface area (Å²) in [7, 11) is 3.26. The molecule has 0 spiro atoms. The summed E-state index contributed by atoms with van der Waals surface area (Å²) < 4.78 is 0. The number of carbonyl (C=O) groups is 1. The molecule has 1 amide bonds. The van der Waals surface area contributed by atoms with Crippen LogP contribution >= 0.6 is 0 Å². The molecule has 0 unspecified atom stereocenters. The van der Waals surface area contributed by atoms with Gasteiger partial charge in [-0.25, -0.2) is 0 Å². The Labute approximate surface area is 151 Å². The first-order valence-electron chi connectivity index (χ1n) is 8.40. The largest absolute Gasteiger partial charge is 0.393 e. The van der Waals surface area contributed by atoms with Gasteiger partial charge >= 0.3 is 0 Å². The number of nitro groups is 1. The minimum atomic E-state index is -0.458. The van der Waals surface area contributed by atoms with Gasteiger partial charge in [0.25, 0.3) is 11.6 Å². The fraction of sp³-hybridized carbons (Fsp3) is 0.333. The van der Waals surface area contributed by atoms with Crippen molar-refractivity contribution >= 4 is 28.6 Å². The van der Waals surface area contributed by atoms with Gasteiger partial charge in [0, 0.05) is 62.0 Å². The van der Waals surface area contributed by atoms with Crippen molar-refractivity contribution in [1.29, 1.82) is 5.41 Å². The molecule has 1 heterocycles. The Morgan fingerprint density at radius 2 is 2.15 bits per heavy atom. The van der Waals surface area contributed by atoms with Crippen molar-refractivity contribution in [3.8, 4) is 0 Å². The maximum absolute atomic E-state index is 12.3. The molecule has 0 atom stereocenters. The van der Waals surface area contributed by atoms with E-state index in [0.717, 1.165) is 12.2 Å². The SMILES string of the molecule is CN/C=C1\C(=N)C(c2cc([N+](=O)[O-])ccc2NCC2CC2)=CN(C)C1=O.